The predicted octanol–water partition coefficient (Wildman–Crippen LogP) is 1.68. The molecule has 2 N–H and O–H groups in total. The number of hydrogen-bond acceptors (Lipinski definition) is 2. The Morgan fingerprint density at radius 3 is 2.00 bits per heavy atom. The third-order valence-electron chi connectivity index (χ3n) is 3.90. The average Bonchev–Trinajstić information content (AvgIpc) is 2.28. The summed E-state index contributed by atoms with van der Waals surface area (Å²) in [5, 5.41) is 14.1. The number of aliphatic hydroxyl groups is 1. The Morgan fingerprint density at radius 2 is 1.62 bits per heavy atom. The van der Waals surface area contributed by atoms with Crippen LogP contribution in [0.5, 0.6) is 0 Å². The van der Waals surface area contributed by atoms with E-state index in [0.717, 1.165) is 12.8 Å². The fourth-order valence-electron chi connectivity index (χ4n) is 2.74. The summed E-state index contributed by atoms with van der Waals surface area (Å²) in [6.45, 7) is 6.45. The van der Waals surface area contributed by atoms with Crippen molar-refractivity contribution < 1.29 is 5.11 Å². The highest BCUT2D eigenvalue weighted by molar-refractivity contribution is 5.04. The molecule has 0 saturated carbocycles. The summed E-state index contributed by atoms with van der Waals surface area (Å²) in [7, 11) is 0. The number of piperidine rings is 1. The van der Waals surface area contributed by atoms with Crippen LogP contribution in [0.2, 0.25) is 0 Å². The van der Waals surface area contributed by atoms with Crippen molar-refractivity contribution in [2.24, 2.45) is 5.41 Å². The molecule has 0 aliphatic carbocycles. The molecule has 13 heavy (non-hydrogen) atoms. The van der Waals surface area contributed by atoms with Crippen LogP contribution in [0.4, 0.5) is 0 Å². The van der Waals surface area contributed by atoms with E-state index in [0.29, 0.717) is 12.1 Å². The Labute approximate surface area is 80.7 Å². The van der Waals surface area contributed by atoms with E-state index in [2.05, 4.69) is 26.1 Å². The summed E-state index contributed by atoms with van der Waals surface area (Å²) in [6.07, 6.45) is 4.38. The second-order valence-electron chi connectivity index (χ2n) is 5.83. The van der Waals surface area contributed by atoms with Gasteiger partial charge in [-0.05, 0) is 31.1 Å². The van der Waals surface area contributed by atoms with E-state index < -0.39 is 5.60 Å². The van der Waals surface area contributed by atoms with Crippen LogP contribution in [0.25, 0.3) is 0 Å². The quantitative estimate of drug-likeness (QED) is 0.599. The van der Waals surface area contributed by atoms with E-state index in [9.17, 15) is 5.11 Å². The lowest BCUT2D eigenvalue weighted by Crippen LogP contribution is -2.54. The fraction of sp³-hybridized carbons (Fsp3) is 1.00. The van der Waals surface area contributed by atoms with Crippen LogP contribution in [0.15, 0.2) is 0 Å². The summed E-state index contributed by atoms with van der Waals surface area (Å²) >= 11 is 0. The van der Waals surface area contributed by atoms with Crippen molar-refractivity contribution in [3.63, 3.8) is 0 Å². The van der Waals surface area contributed by atoms with Gasteiger partial charge in [-0.25, -0.2) is 0 Å². The summed E-state index contributed by atoms with van der Waals surface area (Å²) in [5.74, 6) is 0. The molecular weight excluding hydrogens is 162 g/mol. The molecule has 2 nitrogen and oxygen atoms in total. The van der Waals surface area contributed by atoms with Gasteiger partial charge in [-0.15, -0.1) is 0 Å². The van der Waals surface area contributed by atoms with Gasteiger partial charge in [0, 0.05) is 12.1 Å². The number of fused-ring (bicyclic) bond motifs is 2. The molecule has 2 fully saturated rings. The first-order valence-electron chi connectivity index (χ1n) is 5.39. The molecule has 0 aromatic rings. The van der Waals surface area contributed by atoms with Crippen LogP contribution in [0.3, 0.4) is 0 Å². The molecule has 2 saturated heterocycles. The van der Waals surface area contributed by atoms with Crippen LogP contribution in [0.1, 0.15) is 46.5 Å². The Balaban J connectivity index is 2.17. The van der Waals surface area contributed by atoms with Gasteiger partial charge in [-0.3, -0.25) is 0 Å². The highest BCUT2D eigenvalue weighted by Crippen LogP contribution is 2.44. The van der Waals surface area contributed by atoms with Gasteiger partial charge in [-0.1, -0.05) is 20.8 Å². The largest absolute Gasteiger partial charge is 0.389 e. The number of hydrogen-bond donors (Lipinski definition) is 2. The lowest BCUT2D eigenvalue weighted by molar-refractivity contribution is -0.0915. The second-order valence-corrected chi connectivity index (χ2v) is 5.83. The Kier molecular flexibility index (Phi) is 1.97. The summed E-state index contributed by atoms with van der Waals surface area (Å²) < 4.78 is 0. The van der Waals surface area contributed by atoms with Gasteiger partial charge >= 0.3 is 0 Å². The van der Waals surface area contributed by atoms with Crippen molar-refractivity contribution in [3.8, 4) is 0 Å². The van der Waals surface area contributed by atoms with Crippen LogP contribution < -0.4 is 5.32 Å². The molecule has 0 aromatic carbocycles. The molecule has 2 atom stereocenters. The first kappa shape index (κ1) is 9.47. The van der Waals surface area contributed by atoms with E-state index in [-0.39, 0.29) is 5.41 Å². The fourth-order valence-corrected chi connectivity index (χ4v) is 2.74. The molecule has 0 radical (unpaired) electrons. The Morgan fingerprint density at radius 1 is 1.15 bits per heavy atom. The van der Waals surface area contributed by atoms with Crippen molar-refractivity contribution in [2.45, 2.75) is 64.1 Å². The van der Waals surface area contributed by atoms with Gasteiger partial charge in [0.2, 0.25) is 0 Å². The van der Waals surface area contributed by atoms with Crippen LogP contribution in [-0.4, -0.2) is 22.8 Å². The van der Waals surface area contributed by atoms with Crippen LogP contribution in [0, 0.1) is 5.41 Å². The van der Waals surface area contributed by atoms with Crippen LogP contribution in [-0.2, 0) is 0 Å². The minimum absolute atomic E-state index is 0.0238. The van der Waals surface area contributed by atoms with E-state index in [1.165, 1.54) is 12.8 Å². The van der Waals surface area contributed by atoms with E-state index in [4.69, 9.17) is 0 Å². The topological polar surface area (TPSA) is 32.3 Å². The molecule has 2 rings (SSSR count). The maximum absolute atomic E-state index is 10.5. The molecule has 2 heteroatoms. The van der Waals surface area contributed by atoms with Gasteiger partial charge in [0.05, 0.1) is 5.60 Å². The van der Waals surface area contributed by atoms with Gasteiger partial charge in [-0.2, -0.15) is 0 Å². The van der Waals surface area contributed by atoms with E-state index >= 15 is 0 Å². The lowest BCUT2D eigenvalue weighted by atomic mass is 9.69. The summed E-state index contributed by atoms with van der Waals surface area (Å²) in [6, 6.07) is 1.14. The second kappa shape index (κ2) is 2.71. The van der Waals surface area contributed by atoms with Crippen LogP contribution >= 0.6 is 0 Å². The maximum Gasteiger partial charge on any atom is 0.0725 e. The minimum atomic E-state index is -0.440. The monoisotopic (exact) mass is 183 g/mol. The average molecular weight is 183 g/mol. The highest BCUT2D eigenvalue weighted by Gasteiger charge is 2.48. The van der Waals surface area contributed by atoms with Gasteiger partial charge in [0.1, 0.15) is 0 Å². The third kappa shape index (κ3) is 1.50. The van der Waals surface area contributed by atoms with Crippen molar-refractivity contribution in [3.05, 3.63) is 0 Å². The zero-order valence-electron chi connectivity index (χ0n) is 8.93. The molecule has 0 spiro atoms. The van der Waals surface area contributed by atoms with Gasteiger partial charge < -0.3 is 10.4 Å². The van der Waals surface area contributed by atoms with Gasteiger partial charge in [0.15, 0.2) is 0 Å². The number of nitrogens with one attached hydrogen (secondary N) is 1. The molecule has 76 valence electrons. The van der Waals surface area contributed by atoms with Crippen molar-refractivity contribution >= 4 is 0 Å². The summed E-state index contributed by atoms with van der Waals surface area (Å²) in [5.41, 5.74) is -0.417. The van der Waals surface area contributed by atoms with E-state index in [1.807, 2.05) is 0 Å². The predicted molar refractivity (Wildman–Crippen MR) is 53.6 cm³/mol. The SMILES string of the molecule is CC(C)(C)C1(O)CC2CCC(C1)N2. The van der Waals surface area contributed by atoms with E-state index in [1.54, 1.807) is 0 Å². The van der Waals surface area contributed by atoms with Crippen molar-refractivity contribution in [1.82, 2.24) is 5.32 Å². The Bertz CT molecular complexity index is 195. The summed E-state index contributed by atoms with van der Waals surface area (Å²) in [4.78, 5) is 0. The zero-order valence-corrected chi connectivity index (χ0v) is 8.93. The normalized spacial score (nSPS) is 45.2. The molecule has 2 heterocycles. The highest BCUT2D eigenvalue weighted by atomic mass is 16.3. The molecule has 2 bridgehead atoms. The molecule has 2 unspecified atom stereocenters. The van der Waals surface area contributed by atoms with Crippen molar-refractivity contribution in [1.29, 1.82) is 0 Å². The molecule has 0 aromatic heterocycles. The first-order chi connectivity index (χ1) is 5.91. The first-order valence-corrected chi connectivity index (χ1v) is 5.39. The third-order valence-corrected chi connectivity index (χ3v) is 3.90. The lowest BCUT2D eigenvalue weighted by Gasteiger charge is -2.46. The molecule has 2 aliphatic rings. The number of rotatable bonds is 0. The zero-order chi connectivity index (χ0) is 9.69. The maximum atomic E-state index is 10.5. The van der Waals surface area contributed by atoms with Crippen molar-refractivity contribution in [2.75, 3.05) is 0 Å². The Hall–Kier alpha value is -0.0800. The smallest absolute Gasteiger partial charge is 0.0725 e. The molecule has 0 amide bonds. The molecular formula is C11H21NO. The van der Waals surface area contributed by atoms with Gasteiger partial charge in [0.25, 0.3) is 0 Å². The standard InChI is InChI=1S/C11H21NO/c1-10(2,3)11(13)6-8-4-5-9(7-11)12-8/h8-9,12-13H,4-7H2,1-3H3. The molecule has 2 aliphatic heterocycles. The minimum Gasteiger partial charge on any atom is -0.389 e.